The summed E-state index contributed by atoms with van der Waals surface area (Å²) in [4.78, 5) is 11.3. The van der Waals surface area contributed by atoms with E-state index in [1.54, 1.807) is 0 Å². The zero-order valence-corrected chi connectivity index (χ0v) is 11.6. The number of hydrogen-bond donors (Lipinski definition) is 2. The number of aromatic nitrogens is 1. The summed E-state index contributed by atoms with van der Waals surface area (Å²) in [7, 11) is -3.95. The molecule has 0 radical (unpaired) electrons. The molecule has 1 saturated carbocycles. The first-order chi connectivity index (χ1) is 8.78. The molecular weight excluding hydrogens is 272 g/mol. The molecule has 0 saturated heterocycles. The smallest absolute Gasteiger partial charge is 0.324 e. The van der Waals surface area contributed by atoms with E-state index < -0.39 is 21.5 Å². The number of rotatable bonds is 4. The van der Waals surface area contributed by atoms with Gasteiger partial charge in [-0.05, 0) is 26.7 Å². The standard InChI is InChI=1S/C11H16N2O5S/c1-7-9(8(2)18-12-7)19(16,17)13-11(10(14)15)5-3-4-6-11/h13H,3-6H2,1-2H3,(H,14,15). The Morgan fingerprint density at radius 3 is 2.37 bits per heavy atom. The van der Waals surface area contributed by atoms with Gasteiger partial charge in [0.1, 0.15) is 16.1 Å². The van der Waals surface area contributed by atoms with Crippen LogP contribution in [-0.4, -0.2) is 30.2 Å². The summed E-state index contributed by atoms with van der Waals surface area (Å²) in [5, 5.41) is 12.9. The van der Waals surface area contributed by atoms with E-state index in [2.05, 4.69) is 9.88 Å². The monoisotopic (exact) mass is 288 g/mol. The summed E-state index contributed by atoms with van der Waals surface area (Å²) >= 11 is 0. The van der Waals surface area contributed by atoms with Crippen LogP contribution in [0.25, 0.3) is 0 Å². The van der Waals surface area contributed by atoms with Crippen molar-refractivity contribution in [1.29, 1.82) is 0 Å². The van der Waals surface area contributed by atoms with Crippen molar-refractivity contribution in [2.45, 2.75) is 50.0 Å². The summed E-state index contributed by atoms with van der Waals surface area (Å²) in [6.45, 7) is 2.99. The lowest BCUT2D eigenvalue weighted by Gasteiger charge is -2.24. The largest absolute Gasteiger partial charge is 0.480 e. The second kappa shape index (κ2) is 4.61. The van der Waals surface area contributed by atoms with Crippen molar-refractivity contribution in [3.8, 4) is 0 Å². The Kier molecular flexibility index (Phi) is 3.40. The molecule has 8 heteroatoms. The molecule has 0 aliphatic heterocycles. The number of nitrogens with one attached hydrogen (secondary N) is 1. The first kappa shape index (κ1) is 14.0. The summed E-state index contributed by atoms with van der Waals surface area (Å²) in [6.07, 6.45) is 1.97. The lowest BCUT2D eigenvalue weighted by Crippen LogP contribution is -2.52. The third kappa shape index (κ3) is 2.37. The molecule has 1 fully saturated rings. The molecule has 7 nitrogen and oxygen atoms in total. The first-order valence-electron chi connectivity index (χ1n) is 5.99. The molecule has 0 aromatic carbocycles. The van der Waals surface area contributed by atoms with Crippen molar-refractivity contribution in [2.24, 2.45) is 0 Å². The fraction of sp³-hybridized carbons (Fsp3) is 0.636. The van der Waals surface area contributed by atoms with Gasteiger partial charge in [0.2, 0.25) is 10.0 Å². The molecule has 1 aromatic heterocycles. The molecule has 0 bridgehead atoms. The van der Waals surface area contributed by atoms with Gasteiger partial charge in [0.05, 0.1) is 0 Å². The molecule has 1 aliphatic rings. The van der Waals surface area contributed by atoms with Crippen LogP contribution in [0.4, 0.5) is 0 Å². The third-order valence-corrected chi connectivity index (χ3v) is 5.21. The van der Waals surface area contributed by atoms with E-state index in [1.807, 2.05) is 0 Å². The Balaban J connectivity index is 2.39. The van der Waals surface area contributed by atoms with Crippen LogP contribution in [0.5, 0.6) is 0 Å². The molecule has 19 heavy (non-hydrogen) atoms. The summed E-state index contributed by atoms with van der Waals surface area (Å²) < 4.78 is 31.8. The number of aliphatic carboxylic acids is 1. The van der Waals surface area contributed by atoms with Gasteiger partial charge in [0, 0.05) is 0 Å². The molecule has 0 spiro atoms. The van der Waals surface area contributed by atoms with Crippen LogP contribution in [0.1, 0.15) is 37.1 Å². The molecule has 106 valence electrons. The van der Waals surface area contributed by atoms with Crippen molar-refractivity contribution in [3.05, 3.63) is 11.5 Å². The molecule has 0 amide bonds. The van der Waals surface area contributed by atoms with E-state index in [9.17, 15) is 18.3 Å². The SMILES string of the molecule is Cc1noc(C)c1S(=O)(=O)NC1(C(=O)O)CCCC1. The molecule has 0 unspecified atom stereocenters. The van der Waals surface area contributed by atoms with Crippen LogP contribution in [0.3, 0.4) is 0 Å². The summed E-state index contributed by atoms with van der Waals surface area (Å²) in [5.74, 6) is -0.983. The quantitative estimate of drug-likeness (QED) is 0.854. The predicted molar refractivity (Wildman–Crippen MR) is 65.1 cm³/mol. The number of aryl methyl sites for hydroxylation is 2. The van der Waals surface area contributed by atoms with Gasteiger partial charge in [0.25, 0.3) is 0 Å². The predicted octanol–water partition coefficient (Wildman–Crippen LogP) is 0.967. The second-order valence-electron chi connectivity index (χ2n) is 4.85. The van der Waals surface area contributed by atoms with Gasteiger partial charge < -0.3 is 9.63 Å². The van der Waals surface area contributed by atoms with E-state index in [0.29, 0.717) is 25.7 Å². The van der Waals surface area contributed by atoms with Crippen molar-refractivity contribution in [1.82, 2.24) is 9.88 Å². The second-order valence-corrected chi connectivity index (χ2v) is 6.47. The van der Waals surface area contributed by atoms with Crippen LogP contribution in [0.15, 0.2) is 9.42 Å². The van der Waals surface area contributed by atoms with Gasteiger partial charge in [-0.3, -0.25) is 4.79 Å². The highest BCUT2D eigenvalue weighted by molar-refractivity contribution is 7.89. The van der Waals surface area contributed by atoms with Crippen LogP contribution >= 0.6 is 0 Å². The van der Waals surface area contributed by atoms with Crippen LogP contribution in [0.2, 0.25) is 0 Å². The Bertz CT molecular complexity index is 579. The number of carboxylic acids is 1. The minimum atomic E-state index is -3.95. The molecule has 2 rings (SSSR count). The number of nitrogens with zero attached hydrogens (tertiary/aromatic N) is 1. The lowest BCUT2D eigenvalue weighted by molar-refractivity contribution is -0.143. The van der Waals surface area contributed by atoms with Crippen molar-refractivity contribution < 1.29 is 22.8 Å². The van der Waals surface area contributed by atoms with E-state index in [-0.39, 0.29) is 16.3 Å². The molecule has 0 atom stereocenters. The highest BCUT2D eigenvalue weighted by Crippen LogP contribution is 2.32. The number of hydrogen-bond acceptors (Lipinski definition) is 5. The minimum absolute atomic E-state index is 0.0694. The number of carbonyl (C=O) groups is 1. The van der Waals surface area contributed by atoms with Gasteiger partial charge in [-0.1, -0.05) is 18.0 Å². The lowest BCUT2D eigenvalue weighted by atomic mass is 10.0. The average molecular weight is 288 g/mol. The Morgan fingerprint density at radius 1 is 1.37 bits per heavy atom. The topological polar surface area (TPSA) is 110 Å². The first-order valence-corrected chi connectivity index (χ1v) is 7.47. The Morgan fingerprint density at radius 2 is 1.95 bits per heavy atom. The van der Waals surface area contributed by atoms with Gasteiger partial charge >= 0.3 is 5.97 Å². The van der Waals surface area contributed by atoms with E-state index in [4.69, 9.17) is 4.52 Å². The third-order valence-electron chi connectivity index (χ3n) is 3.43. The minimum Gasteiger partial charge on any atom is -0.480 e. The maximum Gasteiger partial charge on any atom is 0.324 e. The zero-order chi connectivity index (χ0) is 14.3. The average Bonchev–Trinajstić information content (AvgIpc) is 2.86. The van der Waals surface area contributed by atoms with Gasteiger partial charge in [0.15, 0.2) is 5.76 Å². The van der Waals surface area contributed by atoms with Crippen LogP contribution in [-0.2, 0) is 14.8 Å². The molecule has 1 aliphatic carbocycles. The van der Waals surface area contributed by atoms with E-state index in [1.165, 1.54) is 13.8 Å². The normalized spacial score (nSPS) is 18.6. The van der Waals surface area contributed by atoms with Crippen molar-refractivity contribution >= 4 is 16.0 Å². The summed E-state index contributed by atoms with van der Waals surface area (Å²) in [5.41, 5.74) is -1.18. The van der Waals surface area contributed by atoms with Gasteiger partial charge in [-0.2, -0.15) is 4.72 Å². The fourth-order valence-electron chi connectivity index (χ4n) is 2.50. The number of sulfonamides is 1. The Hall–Kier alpha value is -1.41. The molecule has 2 N–H and O–H groups in total. The van der Waals surface area contributed by atoms with Crippen molar-refractivity contribution in [2.75, 3.05) is 0 Å². The number of carboxylic acid groups (broad SMARTS) is 1. The van der Waals surface area contributed by atoms with Gasteiger partial charge in [-0.15, -0.1) is 0 Å². The fourth-order valence-corrected chi connectivity index (χ4v) is 4.25. The Labute approximate surface area is 111 Å². The van der Waals surface area contributed by atoms with Crippen molar-refractivity contribution in [3.63, 3.8) is 0 Å². The van der Waals surface area contributed by atoms with Gasteiger partial charge in [-0.25, -0.2) is 8.42 Å². The maximum atomic E-state index is 12.3. The highest BCUT2D eigenvalue weighted by atomic mass is 32.2. The molecule has 1 heterocycles. The van der Waals surface area contributed by atoms with E-state index in [0.717, 1.165) is 0 Å². The van der Waals surface area contributed by atoms with E-state index >= 15 is 0 Å². The molecular formula is C11H16N2O5S. The highest BCUT2D eigenvalue weighted by Gasteiger charge is 2.45. The maximum absolute atomic E-state index is 12.3. The molecule has 1 aromatic rings. The summed E-state index contributed by atoms with van der Waals surface area (Å²) in [6, 6.07) is 0. The van der Waals surface area contributed by atoms with Crippen LogP contribution < -0.4 is 4.72 Å². The van der Waals surface area contributed by atoms with Crippen LogP contribution in [0, 0.1) is 13.8 Å². The zero-order valence-electron chi connectivity index (χ0n) is 10.8.